The van der Waals surface area contributed by atoms with Crippen LogP contribution in [0.3, 0.4) is 0 Å². The van der Waals surface area contributed by atoms with Crippen molar-refractivity contribution in [3.8, 4) is 0 Å². The first-order valence-electron chi connectivity index (χ1n) is 9.42. The van der Waals surface area contributed by atoms with Gasteiger partial charge in [0.05, 0.1) is 6.54 Å². The number of hydrogen-bond acceptors (Lipinski definition) is 2. The average Bonchev–Trinajstić information content (AvgIpc) is 2.60. The lowest BCUT2D eigenvalue weighted by atomic mass is 9.70. The summed E-state index contributed by atoms with van der Waals surface area (Å²) in [4.78, 5) is 23.9. The summed E-state index contributed by atoms with van der Waals surface area (Å²) in [5, 5.41) is 8.88. The lowest BCUT2D eigenvalue weighted by molar-refractivity contribution is -0.115. The SMILES string of the molecule is CC1CCC(C(C)C)C(CNC(=O)NCC(=O)Nc2ccc(Cl)cc2)C1. The first-order valence-corrected chi connectivity index (χ1v) is 9.80. The maximum atomic E-state index is 12.0. The number of nitrogens with one attached hydrogen (secondary N) is 3. The molecule has 1 aliphatic carbocycles. The molecular formula is C20H30ClN3O2. The second kappa shape index (κ2) is 9.81. The van der Waals surface area contributed by atoms with Crippen LogP contribution < -0.4 is 16.0 Å². The van der Waals surface area contributed by atoms with Gasteiger partial charge < -0.3 is 16.0 Å². The number of benzene rings is 1. The summed E-state index contributed by atoms with van der Waals surface area (Å²) >= 11 is 5.81. The van der Waals surface area contributed by atoms with E-state index in [0.717, 1.165) is 6.42 Å². The van der Waals surface area contributed by atoms with E-state index in [4.69, 9.17) is 11.6 Å². The number of urea groups is 1. The molecule has 0 aromatic heterocycles. The van der Waals surface area contributed by atoms with Gasteiger partial charge in [0.15, 0.2) is 0 Å². The third-order valence-electron chi connectivity index (χ3n) is 5.22. The molecule has 0 aliphatic heterocycles. The van der Waals surface area contributed by atoms with E-state index in [-0.39, 0.29) is 18.5 Å². The van der Waals surface area contributed by atoms with E-state index in [9.17, 15) is 9.59 Å². The fraction of sp³-hybridized carbons (Fsp3) is 0.600. The molecule has 26 heavy (non-hydrogen) atoms. The molecule has 6 heteroatoms. The number of amides is 3. The van der Waals surface area contributed by atoms with Gasteiger partial charge >= 0.3 is 6.03 Å². The van der Waals surface area contributed by atoms with Crippen molar-refractivity contribution >= 4 is 29.2 Å². The number of halogens is 1. The predicted octanol–water partition coefficient (Wildman–Crippen LogP) is 4.29. The highest BCUT2D eigenvalue weighted by Gasteiger charge is 2.30. The minimum atomic E-state index is -0.294. The van der Waals surface area contributed by atoms with Gasteiger partial charge in [-0.05, 0) is 60.8 Å². The van der Waals surface area contributed by atoms with E-state index in [0.29, 0.717) is 40.9 Å². The van der Waals surface area contributed by atoms with Crippen LogP contribution in [-0.2, 0) is 4.79 Å². The summed E-state index contributed by atoms with van der Waals surface area (Å²) < 4.78 is 0. The van der Waals surface area contributed by atoms with Crippen LogP contribution in [0.1, 0.15) is 40.0 Å². The van der Waals surface area contributed by atoms with Crippen LogP contribution in [0.15, 0.2) is 24.3 Å². The standard InChI is InChI=1S/C20H30ClN3O2/c1-13(2)18-9-4-14(3)10-15(18)11-22-20(26)23-12-19(25)24-17-7-5-16(21)6-8-17/h5-8,13-15,18H,4,9-12H2,1-3H3,(H,24,25)(H2,22,23,26). The van der Waals surface area contributed by atoms with Crippen molar-refractivity contribution in [1.82, 2.24) is 10.6 Å². The van der Waals surface area contributed by atoms with Crippen molar-refractivity contribution < 1.29 is 9.59 Å². The molecule has 3 unspecified atom stereocenters. The van der Waals surface area contributed by atoms with Crippen molar-refractivity contribution in [2.24, 2.45) is 23.7 Å². The van der Waals surface area contributed by atoms with Gasteiger partial charge in [-0.25, -0.2) is 4.79 Å². The van der Waals surface area contributed by atoms with Gasteiger partial charge in [0.2, 0.25) is 5.91 Å². The first-order chi connectivity index (χ1) is 12.3. The van der Waals surface area contributed by atoms with Gasteiger partial charge in [-0.15, -0.1) is 0 Å². The number of carbonyl (C=O) groups is 2. The Morgan fingerprint density at radius 3 is 2.50 bits per heavy atom. The Kier molecular flexibility index (Phi) is 7.76. The van der Waals surface area contributed by atoms with Crippen LogP contribution in [0.4, 0.5) is 10.5 Å². The monoisotopic (exact) mass is 379 g/mol. The van der Waals surface area contributed by atoms with Gasteiger partial charge in [-0.2, -0.15) is 0 Å². The molecule has 1 fully saturated rings. The molecule has 1 aliphatic rings. The highest BCUT2D eigenvalue weighted by atomic mass is 35.5. The molecule has 0 saturated heterocycles. The Bertz CT molecular complexity index is 604. The average molecular weight is 380 g/mol. The fourth-order valence-corrected chi connectivity index (χ4v) is 3.95. The third-order valence-corrected chi connectivity index (χ3v) is 5.47. The highest BCUT2D eigenvalue weighted by molar-refractivity contribution is 6.30. The van der Waals surface area contributed by atoms with E-state index in [1.807, 2.05) is 0 Å². The zero-order valence-corrected chi connectivity index (χ0v) is 16.6. The maximum Gasteiger partial charge on any atom is 0.315 e. The Labute approximate surface area is 161 Å². The molecule has 2 rings (SSSR count). The van der Waals surface area contributed by atoms with Crippen LogP contribution >= 0.6 is 11.6 Å². The van der Waals surface area contributed by atoms with E-state index in [1.165, 1.54) is 12.8 Å². The minimum absolute atomic E-state index is 0.0663. The van der Waals surface area contributed by atoms with Gasteiger partial charge in [0, 0.05) is 17.3 Å². The van der Waals surface area contributed by atoms with Crippen LogP contribution in [0.25, 0.3) is 0 Å². The van der Waals surface area contributed by atoms with Crippen LogP contribution in [-0.4, -0.2) is 25.0 Å². The molecule has 1 aromatic carbocycles. The summed E-state index contributed by atoms with van der Waals surface area (Å²) in [5.41, 5.74) is 0.651. The summed E-state index contributed by atoms with van der Waals surface area (Å²) in [7, 11) is 0. The summed E-state index contributed by atoms with van der Waals surface area (Å²) in [6.07, 6.45) is 3.66. The third kappa shape index (κ3) is 6.52. The molecule has 3 amide bonds. The molecule has 0 heterocycles. The molecule has 1 aromatic rings. The predicted molar refractivity (Wildman–Crippen MR) is 106 cm³/mol. The Balaban J connectivity index is 1.72. The van der Waals surface area contributed by atoms with Gasteiger partial charge in [-0.1, -0.05) is 38.8 Å². The molecule has 0 bridgehead atoms. The molecule has 1 saturated carbocycles. The summed E-state index contributed by atoms with van der Waals surface area (Å²) in [6, 6.07) is 6.55. The van der Waals surface area contributed by atoms with E-state index >= 15 is 0 Å². The topological polar surface area (TPSA) is 70.2 Å². The Morgan fingerprint density at radius 1 is 1.15 bits per heavy atom. The molecular weight excluding hydrogens is 350 g/mol. The highest BCUT2D eigenvalue weighted by Crippen LogP contribution is 2.37. The van der Waals surface area contributed by atoms with Gasteiger partial charge in [0.25, 0.3) is 0 Å². The number of carbonyl (C=O) groups excluding carboxylic acids is 2. The fourth-order valence-electron chi connectivity index (χ4n) is 3.82. The van der Waals surface area contributed by atoms with Crippen molar-refractivity contribution in [3.63, 3.8) is 0 Å². The first kappa shape index (κ1) is 20.6. The molecule has 3 atom stereocenters. The smallest absolute Gasteiger partial charge is 0.315 e. The molecule has 3 N–H and O–H groups in total. The summed E-state index contributed by atoms with van der Waals surface area (Å²) in [5.74, 6) is 2.23. The second-order valence-corrected chi connectivity index (χ2v) is 8.14. The van der Waals surface area contributed by atoms with Crippen molar-refractivity contribution in [1.29, 1.82) is 0 Å². The van der Waals surface area contributed by atoms with Crippen molar-refractivity contribution in [2.45, 2.75) is 40.0 Å². The van der Waals surface area contributed by atoms with E-state index in [1.54, 1.807) is 24.3 Å². The number of anilines is 1. The van der Waals surface area contributed by atoms with Crippen LogP contribution in [0.2, 0.25) is 5.02 Å². The lowest BCUT2D eigenvalue weighted by Gasteiger charge is -2.37. The zero-order chi connectivity index (χ0) is 19.1. The zero-order valence-electron chi connectivity index (χ0n) is 15.8. The Morgan fingerprint density at radius 2 is 1.85 bits per heavy atom. The minimum Gasteiger partial charge on any atom is -0.338 e. The summed E-state index contributed by atoms with van der Waals surface area (Å²) in [6.45, 7) is 7.40. The molecule has 5 nitrogen and oxygen atoms in total. The lowest BCUT2D eigenvalue weighted by Crippen LogP contribution is -2.44. The van der Waals surface area contributed by atoms with Gasteiger partial charge in [0.1, 0.15) is 0 Å². The second-order valence-electron chi connectivity index (χ2n) is 7.70. The normalized spacial score (nSPS) is 22.7. The number of rotatable bonds is 6. The Hall–Kier alpha value is -1.75. The van der Waals surface area contributed by atoms with Crippen LogP contribution in [0, 0.1) is 23.7 Å². The largest absolute Gasteiger partial charge is 0.338 e. The molecule has 144 valence electrons. The molecule has 0 radical (unpaired) electrons. The van der Waals surface area contributed by atoms with Crippen molar-refractivity contribution in [2.75, 3.05) is 18.4 Å². The van der Waals surface area contributed by atoms with Gasteiger partial charge in [-0.3, -0.25) is 4.79 Å². The van der Waals surface area contributed by atoms with Crippen molar-refractivity contribution in [3.05, 3.63) is 29.3 Å². The molecule has 0 spiro atoms. The maximum absolute atomic E-state index is 12.0. The quantitative estimate of drug-likeness (QED) is 0.690. The van der Waals surface area contributed by atoms with Crippen LogP contribution in [0.5, 0.6) is 0 Å². The van der Waals surface area contributed by atoms with E-state index < -0.39 is 0 Å². The van der Waals surface area contributed by atoms with E-state index in [2.05, 4.69) is 36.7 Å². The number of hydrogen-bond donors (Lipinski definition) is 3.